The van der Waals surface area contributed by atoms with Crippen molar-refractivity contribution < 1.29 is 19.1 Å². The van der Waals surface area contributed by atoms with Crippen LogP contribution in [0.1, 0.15) is 24.2 Å². The first-order valence-corrected chi connectivity index (χ1v) is 6.53. The minimum Gasteiger partial charge on any atom is -0.457 e. The lowest BCUT2D eigenvalue weighted by atomic mass is 10.0. The Hall–Kier alpha value is -0.850. The number of ether oxygens (including phenoxy) is 1. The average molecular weight is 318 g/mol. The van der Waals surface area contributed by atoms with Crippen molar-refractivity contribution in [3.63, 3.8) is 0 Å². The van der Waals surface area contributed by atoms with Crippen LogP contribution >= 0.6 is 15.9 Å². The summed E-state index contributed by atoms with van der Waals surface area (Å²) in [5.74, 6) is -0.120. The molecule has 2 heterocycles. The molecule has 1 N–H and O–H groups in total. The van der Waals surface area contributed by atoms with E-state index in [9.17, 15) is 9.90 Å². The summed E-state index contributed by atoms with van der Waals surface area (Å²) in [6.45, 7) is 4.58. The van der Waals surface area contributed by atoms with Crippen molar-refractivity contribution in [2.75, 3.05) is 19.7 Å². The molecule has 1 aromatic heterocycles. The summed E-state index contributed by atoms with van der Waals surface area (Å²) in [4.78, 5) is 14.0. The van der Waals surface area contributed by atoms with Crippen LogP contribution in [0.5, 0.6) is 0 Å². The number of amides is 1. The van der Waals surface area contributed by atoms with E-state index in [1.54, 1.807) is 11.0 Å². The van der Waals surface area contributed by atoms with Crippen LogP contribution in [0.3, 0.4) is 0 Å². The van der Waals surface area contributed by atoms with Crippen LogP contribution in [0, 0.1) is 0 Å². The highest BCUT2D eigenvalue weighted by Crippen LogP contribution is 2.25. The maximum atomic E-state index is 12.3. The van der Waals surface area contributed by atoms with E-state index in [0.717, 1.165) is 0 Å². The number of morpholine rings is 1. The molecule has 1 saturated heterocycles. The summed E-state index contributed by atoms with van der Waals surface area (Å²) < 4.78 is 11.2. The Balaban J connectivity index is 2.17. The van der Waals surface area contributed by atoms with Crippen molar-refractivity contribution in [2.24, 2.45) is 0 Å². The van der Waals surface area contributed by atoms with Gasteiger partial charge in [-0.15, -0.1) is 0 Å². The minimum absolute atomic E-state index is 0.0975. The first kappa shape index (κ1) is 13.6. The Labute approximate surface area is 114 Å². The van der Waals surface area contributed by atoms with Crippen LogP contribution in [0.4, 0.5) is 0 Å². The molecule has 2 rings (SSSR count). The van der Waals surface area contributed by atoms with Crippen molar-refractivity contribution in [3.8, 4) is 0 Å². The lowest BCUT2D eigenvalue weighted by Gasteiger charge is -2.42. The van der Waals surface area contributed by atoms with E-state index < -0.39 is 5.60 Å². The van der Waals surface area contributed by atoms with Crippen molar-refractivity contribution in [1.82, 2.24) is 4.90 Å². The van der Waals surface area contributed by atoms with Gasteiger partial charge in [0.2, 0.25) is 0 Å². The maximum Gasteiger partial charge on any atom is 0.258 e. The molecule has 0 bridgehead atoms. The van der Waals surface area contributed by atoms with Gasteiger partial charge in [-0.2, -0.15) is 0 Å². The number of hydrogen-bond donors (Lipinski definition) is 1. The molecule has 1 aromatic rings. The zero-order valence-electron chi connectivity index (χ0n) is 10.4. The Morgan fingerprint density at radius 3 is 2.94 bits per heavy atom. The topological polar surface area (TPSA) is 62.9 Å². The molecule has 0 aromatic carbocycles. The van der Waals surface area contributed by atoms with Crippen molar-refractivity contribution in [2.45, 2.75) is 25.6 Å². The SMILES string of the molecule is CC1(C)CN(C(=O)c2ccoc2Br)CC(CO)O1. The van der Waals surface area contributed by atoms with Gasteiger partial charge in [0.25, 0.3) is 5.91 Å². The molecule has 100 valence electrons. The average Bonchev–Trinajstić information content (AvgIpc) is 2.72. The van der Waals surface area contributed by atoms with Crippen LogP contribution in [0.25, 0.3) is 0 Å². The van der Waals surface area contributed by atoms with E-state index in [4.69, 9.17) is 9.15 Å². The molecule has 5 nitrogen and oxygen atoms in total. The molecule has 6 heteroatoms. The molecule has 0 radical (unpaired) electrons. The standard InChI is InChI=1S/C12H16BrNO4/c1-12(2)7-14(5-8(6-15)18-12)11(16)9-3-4-17-10(9)13/h3-4,8,15H,5-7H2,1-2H3. The van der Waals surface area contributed by atoms with Crippen LogP contribution in [-0.4, -0.2) is 47.3 Å². The van der Waals surface area contributed by atoms with Gasteiger partial charge in [-0.25, -0.2) is 0 Å². The van der Waals surface area contributed by atoms with E-state index in [0.29, 0.717) is 23.3 Å². The first-order valence-electron chi connectivity index (χ1n) is 5.74. The number of carbonyl (C=O) groups excluding carboxylic acids is 1. The molecule has 1 atom stereocenters. The van der Waals surface area contributed by atoms with Gasteiger partial charge in [0.15, 0.2) is 4.67 Å². The van der Waals surface area contributed by atoms with Crippen molar-refractivity contribution in [3.05, 3.63) is 22.6 Å². The van der Waals surface area contributed by atoms with Crippen molar-refractivity contribution in [1.29, 1.82) is 0 Å². The highest BCUT2D eigenvalue weighted by atomic mass is 79.9. The Kier molecular flexibility index (Phi) is 3.79. The van der Waals surface area contributed by atoms with Crippen LogP contribution < -0.4 is 0 Å². The van der Waals surface area contributed by atoms with Gasteiger partial charge >= 0.3 is 0 Å². The van der Waals surface area contributed by atoms with Crippen molar-refractivity contribution >= 4 is 21.8 Å². The van der Waals surface area contributed by atoms with E-state index in [1.165, 1.54) is 6.26 Å². The van der Waals surface area contributed by atoms with E-state index in [1.807, 2.05) is 13.8 Å². The van der Waals surface area contributed by atoms with Crippen LogP contribution in [0.2, 0.25) is 0 Å². The zero-order valence-corrected chi connectivity index (χ0v) is 11.9. The smallest absolute Gasteiger partial charge is 0.258 e. The summed E-state index contributed by atoms with van der Waals surface area (Å²) in [5, 5.41) is 9.22. The summed E-state index contributed by atoms with van der Waals surface area (Å²) in [5.41, 5.74) is 0.0294. The molecule has 18 heavy (non-hydrogen) atoms. The monoisotopic (exact) mass is 317 g/mol. The van der Waals surface area contributed by atoms with Gasteiger partial charge in [0.05, 0.1) is 30.1 Å². The number of aliphatic hydroxyl groups excluding tert-OH is 1. The highest BCUT2D eigenvalue weighted by molar-refractivity contribution is 9.10. The Morgan fingerprint density at radius 1 is 1.67 bits per heavy atom. The lowest BCUT2D eigenvalue weighted by molar-refractivity contribution is -0.139. The third-order valence-corrected chi connectivity index (χ3v) is 3.43. The summed E-state index contributed by atoms with van der Waals surface area (Å²) in [7, 11) is 0. The van der Waals surface area contributed by atoms with Gasteiger partial charge < -0.3 is 19.2 Å². The van der Waals surface area contributed by atoms with Gasteiger partial charge in [-0.3, -0.25) is 4.79 Å². The molecule has 1 unspecified atom stereocenters. The minimum atomic E-state index is -0.461. The lowest BCUT2D eigenvalue weighted by Crippen LogP contribution is -2.55. The Bertz CT molecular complexity index is 443. The third kappa shape index (κ3) is 2.76. The van der Waals surface area contributed by atoms with Gasteiger partial charge in [-0.05, 0) is 35.8 Å². The second-order valence-electron chi connectivity index (χ2n) is 4.98. The van der Waals surface area contributed by atoms with Crippen LogP contribution in [-0.2, 0) is 4.74 Å². The number of nitrogens with zero attached hydrogens (tertiary/aromatic N) is 1. The fourth-order valence-electron chi connectivity index (χ4n) is 2.16. The summed E-state index contributed by atoms with van der Waals surface area (Å²) in [6, 6.07) is 1.63. The Morgan fingerprint density at radius 2 is 2.39 bits per heavy atom. The zero-order chi connectivity index (χ0) is 13.3. The maximum absolute atomic E-state index is 12.3. The molecule has 1 amide bonds. The number of aliphatic hydroxyl groups is 1. The quantitative estimate of drug-likeness (QED) is 0.901. The first-order chi connectivity index (χ1) is 8.43. The van der Waals surface area contributed by atoms with Gasteiger partial charge in [0.1, 0.15) is 0 Å². The largest absolute Gasteiger partial charge is 0.457 e. The van der Waals surface area contributed by atoms with Gasteiger partial charge in [-0.1, -0.05) is 0 Å². The molecule has 0 aliphatic carbocycles. The number of rotatable bonds is 2. The summed E-state index contributed by atoms with van der Waals surface area (Å²) in [6.07, 6.45) is 1.12. The predicted octanol–water partition coefficient (Wildman–Crippen LogP) is 1.65. The molecule has 1 aliphatic heterocycles. The molecule has 0 saturated carbocycles. The number of carbonyl (C=O) groups is 1. The molecule has 0 spiro atoms. The number of furan rings is 1. The molecular weight excluding hydrogens is 302 g/mol. The summed E-state index contributed by atoms with van der Waals surface area (Å²) >= 11 is 3.20. The van der Waals surface area contributed by atoms with Crippen LogP contribution in [0.15, 0.2) is 21.4 Å². The fourth-order valence-corrected chi connectivity index (χ4v) is 2.57. The third-order valence-electron chi connectivity index (χ3n) is 2.82. The predicted molar refractivity (Wildman–Crippen MR) is 68.3 cm³/mol. The molecule has 1 fully saturated rings. The van der Waals surface area contributed by atoms with E-state index in [-0.39, 0.29) is 18.6 Å². The van der Waals surface area contributed by atoms with E-state index in [2.05, 4.69) is 15.9 Å². The normalized spacial score (nSPS) is 23.1. The molecular formula is C12H16BrNO4. The second-order valence-corrected chi connectivity index (χ2v) is 5.70. The van der Waals surface area contributed by atoms with E-state index >= 15 is 0 Å². The number of halogens is 1. The van der Waals surface area contributed by atoms with Gasteiger partial charge in [0, 0.05) is 13.1 Å². The fraction of sp³-hybridized carbons (Fsp3) is 0.583. The highest BCUT2D eigenvalue weighted by Gasteiger charge is 2.36. The molecule has 1 aliphatic rings. The second kappa shape index (κ2) is 5.03. The number of hydrogen-bond acceptors (Lipinski definition) is 4.